The molecule has 1 aromatic carbocycles. The number of nitrogens with zero attached hydrogens (tertiary/aromatic N) is 3. The highest BCUT2D eigenvalue weighted by Crippen LogP contribution is 2.30. The minimum Gasteiger partial charge on any atom is -0.341 e. The Morgan fingerprint density at radius 1 is 1.21 bits per heavy atom. The van der Waals surface area contributed by atoms with Gasteiger partial charge >= 0.3 is 6.18 Å². The number of halogens is 3. The monoisotopic (exact) mass is 411 g/mol. The van der Waals surface area contributed by atoms with E-state index in [0.29, 0.717) is 18.7 Å². The summed E-state index contributed by atoms with van der Waals surface area (Å²) in [5.74, 6) is -1.27. The number of amides is 3. The third-order valence-corrected chi connectivity index (χ3v) is 5.40. The number of carbonyl (C=O) groups excluding carboxylic acids is 3. The van der Waals surface area contributed by atoms with Crippen LogP contribution in [0.5, 0.6) is 0 Å². The van der Waals surface area contributed by atoms with E-state index in [1.54, 1.807) is 4.90 Å². The van der Waals surface area contributed by atoms with Crippen molar-refractivity contribution in [1.29, 1.82) is 0 Å². The van der Waals surface area contributed by atoms with Crippen molar-refractivity contribution in [2.75, 3.05) is 33.2 Å². The van der Waals surface area contributed by atoms with Crippen molar-refractivity contribution in [1.82, 2.24) is 14.7 Å². The number of likely N-dealkylation sites (tertiary alicyclic amines) is 2. The highest BCUT2D eigenvalue weighted by Gasteiger charge is 2.37. The molecule has 6 nitrogen and oxygen atoms in total. The Bertz CT molecular complexity index is 791. The molecule has 2 aliphatic rings. The van der Waals surface area contributed by atoms with Gasteiger partial charge in [0.05, 0.1) is 18.0 Å². The van der Waals surface area contributed by atoms with Crippen molar-refractivity contribution in [3.05, 3.63) is 35.4 Å². The first kappa shape index (κ1) is 21.1. The van der Waals surface area contributed by atoms with Crippen molar-refractivity contribution in [2.45, 2.75) is 32.0 Å². The number of carbonyl (C=O) groups is 3. The Morgan fingerprint density at radius 3 is 2.55 bits per heavy atom. The Balaban J connectivity index is 1.58. The topological polar surface area (TPSA) is 60.9 Å². The van der Waals surface area contributed by atoms with Crippen LogP contribution in [0.1, 0.15) is 30.4 Å². The number of alkyl halides is 3. The van der Waals surface area contributed by atoms with Crippen molar-refractivity contribution >= 4 is 17.7 Å². The lowest BCUT2D eigenvalue weighted by atomic mass is 10.1. The number of rotatable bonds is 5. The van der Waals surface area contributed by atoms with E-state index in [1.165, 1.54) is 29.0 Å². The fourth-order valence-electron chi connectivity index (χ4n) is 3.82. The van der Waals surface area contributed by atoms with Gasteiger partial charge in [-0.1, -0.05) is 12.1 Å². The van der Waals surface area contributed by atoms with Crippen LogP contribution in [0.2, 0.25) is 0 Å². The molecular formula is C20H24F3N3O3. The maximum atomic E-state index is 12.9. The number of hydrogen-bond acceptors (Lipinski definition) is 3. The molecule has 0 aliphatic carbocycles. The largest absolute Gasteiger partial charge is 0.416 e. The van der Waals surface area contributed by atoms with E-state index in [1.807, 2.05) is 0 Å². The third kappa shape index (κ3) is 5.07. The summed E-state index contributed by atoms with van der Waals surface area (Å²) >= 11 is 0. The second kappa shape index (κ2) is 8.42. The Labute approximate surface area is 167 Å². The van der Waals surface area contributed by atoms with Crippen LogP contribution in [0.4, 0.5) is 13.2 Å². The SMILES string of the molecule is CN(CC(=O)N1CCCC1)C(=O)C1CC(=O)N(Cc2cccc(C(F)(F)F)c2)C1. The average Bonchev–Trinajstić information content (AvgIpc) is 3.31. The zero-order valence-corrected chi connectivity index (χ0v) is 16.2. The van der Waals surface area contributed by atoms with Gasteiger partial charge < -0.3 is 14.7 Å². The summed E-state index contributed by atoms with van der Waals surface area (Å²) in [6.45, 7) is 1.53. The predicted octanol–water partition coefficient (Wildman–Crippen LogP) is 2.13. The van der Waals surface area contributed by atoms with E-state index in [4.69, 9.17) is 0 Å². The zero-order valence-electron chi connectivity index (χ0n) is 16.2. The molecule has 2 heterocycles. The fraction of sp³-hybridized carbons (Fsp3) is 0.550. The molecule has 2 saturated heterocycles. The van der Waals surface area contributed by atoms with Gasteiger partial charge in [0, 0.05) is 39.6 Å². The molecule has 2 aliphatic heterocycles. The molecule has 0 bridgehead atoms. The van der Waals surface area contributed by atoms with Crippen LogP contribution in [0, 0.1) is 5.92 Å². The second-order valence-electron chi connectivity index (χ2n) is 7.66. The van der Waals surface area contributed by atoms with Crippen molar-refractivity contribution in [3.63, 3.8) is 0 Å². The third-order valence-electron chi connectivity index (χ3n) is 5.40. The molecule has 3 amide bonds. The summed E-state index contributed by atoms with van der Waals surface area (Å²) in [5.41, 5.74) is -0.409. The van der Waals surface area contributed by atoms with Crippen LogP contribution in [0.25, 0.3) is 0 Å². The van der Waals surface area contributed by atoms with Gasteiger partial charge in [0.15, 0.2) is 0 Å². The molecule has 0 spiro atoms. The van der Waals surface area contributed by atoms with Gasteiger partial charge in [-0.15, -0.1) is 0 Å². The molecular weight excluding hydrogens is 387 g/mol. The van der Waals surface area contributed by atoms with E-state index >= 15 is 0 Å². The maximum absolute atomic E-state index is 12.9. The molecule has 9 heteroatoms. The minimum atomic E-state index is -4.45. The van der Waals surface area contributed by atoms with E-state index in [-0.39, 0.29) is 43.8 Å². The predicted molar refractivity (Wildman–Crippen MR) is 98.4 cm³/mol. The Morgan fingerprint density at radius 2 is 1.90 bits per heavy atom. The van der Waals surface area contributed by atoms with E-state index in [2.05, 4.69) is 0 Å². The summed E-state index contributed by atoms with van der Waals surface area (Å²) < 4.78 is 38.6. The molecule has 1 aromatic rings. The first-order valence-electron chi connectivity index (χ1n) is 9.62. The normalized spacial score (nSPS) is 19.7. The lowest BCUT2D eigenvalue weighted by molar-refractivity contribution is -0.141. The van der Waals surface area contributed by atoms with E-state index in [0.717, 1.165) is 25.0 Å². The van der Waals surface area contributed by atoms with Crippen molar-refractivity contribution < 1.29 is 27.6 Å². The number of hydrogen-bond donors (Lipinski definition) is 0. The van der Waals surface area contributed by atoms with Crippen molar-refractivity contribution in [3.8, 4) is 0 Å². The number of benzene rings is 1. The van der Waals surface area contributed by atoms with Gasteiger partial charge in [-0.2, -0.15) is 13.2 Å². The lowest BCUT2D eigenvalue weighted by Crippen LogP contribution is -2.42. The second-order valence-corrected chi connectivity index (χ2v) is 7.66. The molecule has 1 unspecified atom stereocenters. The average molecular weight is 411 g/mol. The van der Waals surface area contributed by atoms with E-state index in [9.17, 15) is 27.6 Å². The van der Waals surface area contributed by atoms with Crippen molar-refractivity contribution in [2.24, 2.45) is 5.92 Å². The number of likely N-dealkylation sites (N-methyl/N-ethyl adjacent to an activating group) is 1. The molecule has 0 saturated carbocycles. The zero-order chi connectivity index (χ0) is 21.2. The molecule has 3 rings (SSSR count). The van der Waals surface area contributed by atoms with Gasteiger partial charge in [-0.3, -0.25) is 14.4 Å². The van der Waals surface area contributed by atoms with Crippen LogP contribution in [0.15, 0.2) is 24.3 Å². The molecule has 0 aromatic heterocycles. The summed E-state index contributed by atoms with van der Waals surface area (Å²) in [7, 11) is 1.54. The standard InChI is InChI=1S/C20H24F3N3O3/c1-24(13-18(28)25-7-2-3-8-25)19(29)15-10-17(27)26(12-15)11-14-5-4-6-16(9-14)20(21,22)23/h4-6,9,15H,2-3,7-8,10-13H2,1H3. The highest BCUT2D eigenvalue weighted by molar-refractivity contribution is 5.91. The summed E-state index contributed by atoms with van der Waals surface area (Å²) in [4.78, 5) is 41.6. The fourth-order valence-corrected chi connectivity index (χ4v) is 3.82. The highest BCUT2D eigenvalue weighted by atomic mass is 19.4. The minimum absolute atomic E-state index is 0.0000393. The van der Waals surface area contributed by atoms with Gasteiger partial charge in [-0.25, -0.2) is 0 Å². The quantitative estimate of drug-likeness (QED) is 0.746. The van der Waals surface area contributed by atoms with Crippen LogP contribution >= 0.6 is 0 Å². The summed E-state index contributed by atoms with van der Waals surface area (Å²) in [6, 6.07) is 4.83. The molecule has 2 fully saturated rings. The van der Waals surface area contributed by atoms with Gasteiger partial charge in [-0.05, 0) is 30.5 Å². The molecule has 158 valence electrons. The smallest absolute Gasteiger partial charge is 0.341 e. The first-order chi connectivity index (χ1) is 13.6. The Hall–Kier alpha value is -2.58. The molecule has 0 radical (unpaired) electrons. The van der Waals surface area contributed by atoms with Crippen LogP contribution in [-0.2, 0) is 27.1 Å². The Kier molecular flexibility index (Phi) is 6.14. The van der Waals surface area contributed by atoms with Crippen LogP contribution in [-0.4, -0.2) is 65.6 Å². The summed E-state index contributed by atoms with van der Waals surface area (Å²) in [5, 5.41) is 0. The molecule has 29 heavy (non-hydrogen) atoms. The van der Waals surface area contributed by atoms with E-state index < -0.39 is 17.7 Å². The van der Waals surface area contributed by atoms with Crippen LogP contribution < -0.4 is 0 Å². The van der Waals surface area contributed by atoms with Crippen LogP contribution in [0.3, 0.4) is 0 Å². The lowest BCUT2D eigenvalue weighted by Gasteiger charge is -2.24. The maximum Gasteiger partial charge on any atom is 0.416 e. The molecule has 1 atom stereocenters. The van der Waals surface area contributed by atoms with Gasteiger partial charge in [0.2, 0.25) is 17.7 Å². The summed E-state index contributed by atoms with van der Waals surface area (Å²) in [6.07, 6.45) is -2.52. The van der Waals surface area contributed by atoms with Gasteiger partial charge in [0.25, 0.3) is 0 Å². The van der Waals surface area contributed by atoms with Gasteiger partial charge in [0.1, 0.15) is 0 Å². The molecule has 0 N–H and O–H groups in total. The first-order valence-corrected chi connectivity index (χ1v) is 9.62.